The van der Waals surface area contributed by atoms with Crippen LogP contribution < -0.4 is 9.44 Å². The van der Waals surface area contributed by atoms with Gasteiger partial charge in [-0.3, -0.25) is 9.44 Å². The topological polar surface area (TPSA) is 130 Å². The number of hydrogen-bond donors (Lipinski definition) is 3. The van der Waals surface area contributed by atoms with Crippen LogP contribution in [0.5, 0.6) is 0 Å². The maximum Gasteiger partial charge on any atom is 0.335 e. The number of hydrogen-bond acceptors (Lipinski definition) is 5. The highest BCUT2D eigenvalue weighted by Crippen LogP contribution is 2.21. The van der Waals surface area contributed by atoms with Crippen molar-refractivity contribution in [3.8, 4) is 0 Å². The van der Waals surface area contributed by atoms with Crippen molar-refractivity contribution in [1.82, 2.24) is 0 Å². The average Bonchev–Trinajstić information content (AvgIpc) is 2.68. The van der Waals surface area contributed by atoms with Gasteiger partial charge in [-0.25, -0.2) is 21.6 Å². The summed E-state index contributed by atoms with van der Waals surface area (Å²) in [7, 11) is -7.88. The van der Waals surface area contributed by atoms with Gasteiger partial charge in [0.1, 0.15) is 0 Å². The number of carbonyl (C=O) groups is 1. The van der Waals surface area contributed by atoms with Crippen LogP contribution in [0.2, 0.25) is 0 Å². The first-order chi connectivity index (χ1) is 13.7. The van der Waals surface area contributed by atoms with E-state index >= 15 is 0 Å². The first-order valence-corrected chi connectivity index (χ1v) is 11.2. The normalized spacial score (nSPS) is 11.6. The third-order valence-corrected chi connectivity index (χ3v) is 6.61. The third kappa shape index (κ3) is 4.92. The average molecular weight is 432 g/mol. The van der Waals surface area contributed by atoms with Gasteiger partial charge in [0, 0.05) is 11.4 Å². The minimum absolute atomic E-state index is 0.0443. The van der Waals surface area contributed by atoms with E-state index in [0.29, 0.717) is 5.69 Å². The fourth-order valence-electron chi connectivity index (χ4n) is 2.43. The van der Waals surface area contributed by atoms with Crippen molar-refractivity contribution in [3.63, 3.8) is 0 Å². The van der Waals surface area contributed by atoms with E-state index in [4.69, 9.17) is 5.11 Å². The lowest BCUT2D eigenvalue weighted by Crippen LogP contribution is -2.15. The van der Waals surface area contributed by atoms with Crippen LogP contribution in [0.4, 0.5) is 11.4 Å². The van der Waals surface area contributed by atoms with Crippen LogP contribution in [0.15, 0.2) is 88.7 Å². The second-order valence-corrected chi connectivity index (χ2v) is 9.30. The van der Waals surface area contributed by atoms with Gasteiger partial charge in [0.05, 0.1) is 15.4 Å². The first-order valence-electron chi connectivity index (χ1n) is 8.21. The van der Waals surface area contributed by atoms with Gasteiger partial charge < -0.3 is 5.11 Å². The van der Waals surface area contributed by atoms with Crippen LogP contribution in [0.3, 0.4) is 0 Å². The van der Waals surface area contributed by atoms with Crippen LogP contribution in [0.1, 0.15) is 10.4 Å². The van der Waals surface area contributed by atoms with Crippen LogP contribution in [-0.4, -0.2) is 27.9 Å². The molecule has 8 nitrogen and oxygen atoms in total. The summed E-state index contributed by atoms with van der Waals surface area (Å²) >= 11 is 0. The van der Waals surface area contributed by atoms with E-state index in [0.717, 1.165) is 6.07 Å². The first kappa shape index (κ1) is 20.4. The molecule has 0 unspecified atom stereocenters. The Morgan fingerprint density at radius 2 is 1.21 bits per heavy atom. The van der Waals surface area contributed by atoms with Crippen molar-refractivity contribution >= 4 is 37.4 Å². The lowest BCUT2D eigenvalue weighted by atomic mass is 10.2. The SMILES string of the molecule is O=C(O)c1cccc(S(=O)(=O)Nc2ccc(S(=O)(=O)Nc3ccccc3)cc2)c1. The summed E-state index contributed by atoms with van der Waals surface area (Å²) in [6.07, 6.45) is 0. The summed E-state index contributed by atoms with van der Waals surface area (Å²) in [6.45, 7) is 0. The molecule has 0 amide bonds. The van der Waals surface area contributed by atoms with E-state index in [1.807, 2.05) is 0 Å². The highest BCUT2D eigenvalue weighted by atomic mass is 32.2. The number of nitrogens with one attached hydrogen (secondary N) is 2. The molecule has 3 rings (SSSR count). The van der Waals surface area contributed by atoms with Crippen LogP contribution in [0, 0.1) is 0 Å². The zero-order chi connectivity index (χ0) is 21.1. The predicted molar refractivity (Wildman–Crippen MR) is 108 cm³/mol. The Morgan fingerprint density at radius 1 is 0.655 bits per heavy atom. The van der Waals surface area contributed by atoms with E-state index in [9.17, 15) is 21.6 Å². The van der Waals surface area contributed by atoms with Gasteiger partial charge in [0.15, 0.2) is 0 Å². The van der Waals surface area contributed by atoms with E-state index in [1.54, 1.807) is 30.3 Å². The van der Waals surface area contributed by atoms with Gasteiger partial charge in [-0.2, -0.15) is 0 Å². The molecule has 0 fully saturated rings. The zero-order valence-electron chi connectivity index (χ0n) is 14.8. The van der Waals surface area contributed by atoms with E-state index < -0.39 is 26.0 Å². The molecule has 0 aliphatic carbocycles. The highest BCUT2D eigenvalue weighted by Gasteiger charge is 2.18. The molecule has 0 atom stereocenters. The lowest BCUT2D eigenvalue weighted by Gasteiger charge is -2.11. The van der Waals surface area contributed by atoms with E-state index in [-0.39, 0.29) is 21.0 Å². The van der Waals surface area contributed by atoms with Crippen molar-refractivity contribution in [2.45, 2.75) is 9.79 Å². The van der Waals surface area contributed by atoms with Crippen molar-refractivity contribution in [1.29, 1.82) is 0 Å². The molecule has 3 N–H and O–H groups in total. The summed E-state index contributed by atoms with van der Waals surface area (Å²) < 4.78 is 54.5. The monoisotopic (exact) mass is 432 g/mol. The number of aromatic carboxylic acids is 1. The Labute approximate surface area is 167 Å². The molecule has 0 heterocycles. The van der Waals surface area contributed by atoms with E-state index in [1.165, 1.54) is 42.5 Å². The maximum atomic E-state index is 12.5. The molecule has 0 radical (unpaired) electrons. The molecule has 3 aromatic rings. The van der Waals surface area contributed by atoms with Gasteiger partial charge in [-0.15, -0.1) is 0 Å². The third-order valence-electron chi connectivity index (χ3n) is 3.83. The Kier molecular flexibility index (Phi) is 5.57. The summed E-state index contributed by atoms with van der Waals surface area (Å²) in [5.74, 6) is -1.25. The van der Waals surface area contributed by atoms with Crippen molar-refractivity contribution in [2.24, 2.45) is 0 Å². The van der Waals surface area contributed by atoms with E-state index in [2.05, 4.69) is 9.44 Å². The Balaban J connectivity index is 1.80. The van der Waals surface area contributed by atoms with Gasteiger partial charge >= 0.3 is 5.97 Å². The number of para-hydroxylation sites is 1. The molecule has 0 aromatic heterocycles. The number of benzene rings is 3. The highest BCUT2D eigenvalue weighted by molar-refractivity contribution is 7.93. The second kappa shape index (κ2) is 7.94. The fraction of sp³-hybridized carbons (Fsp3) is 0. The molecule has 0 aliphatic rings. The van der Waals surface area contributed by atoms with Gasteiger partial charge in [0.2, 0.25) is 0 Å². The Morgan fingerprint density at radius 3 is 1.79 bits per heavy atom. The predicted octanol–water partition coefficient (Wildman–Crippen LogP) is 2.99. The number of carboxylic acid groups (broad SMARTS) is 1. The van der Waals surface area contributed by atoms with Crippen molar-refractivity contribution in [3.05, 3.63) is 84.4 Å². The fourth-order valence-corrected chi connectivity index (χ4v) is 4.60. The maximum absolute atomic E-state index is 12.5. The number of sulfonamides is 2. The van der Waals surface area contributed by atoms with Crippen molar-refractivity contribution in [2.75, 3.05) is 9.44 Å². The zero-order valence-corrected chi connectivity index (χ0v) is 16.4. The van der Waals surface area contributed by atoms with Crippen molar-refractivity contribution < 1.29 is 26.7 Å². The summed E-state index contributed by atoms with van der Waals surface area (Å²) in [4.78, 5) is 10.8. The summed E-state index contributed by atoms with van der Waals surface area (Å²) in [6, 6.07) is 18.4. The quantitative estimate of drug-likeness (QED) is 0.526. The molecule has 0 aliphatic heterocycles. The minimum atomic E-state index is -4.04. The molecule has 10 heteroatoms. The standard InChI is InChI=1S/C19H16N2O6S2/c22-19(23)14-5-4-8-18(13-14)29(26,27)21-16-9-11-17(12-10-16)28(24,25)20-15-6-2-1-3-7-15/h1-13,20-21H,(H,22,23). The molecular formula is C19H16N2O6S2. The molecular weight excluding hydrogens is 416 g/mol. The Bertz CT molecular complexity index is 1240. The van der Waals surface area contributed by atoms with Crippen LogP contribution in [-0.2, 0) is 20.0 Å². The number of rotatable bonds is 7. The minimum Gasteiger partial charge on any atom is -0.478 e. The number of anilines is 2. The van der Waals surface area contributed by atoms with Gasteiger partial charge in [-0.05, 0) is 54.6 Å². The van der Waals surface area contributed by atoms with Crippen LogP contribution >= 0.6 is 0 Å². The lowest BCUT2D eigenvalue weighted by molar-refractivity contribution is 0.0696. The summed E-state index contributed by atoms with van der Waals surface area (Å²) in [5.41, 5.74) is 0.362. The molecule has 0 spiro atoms. The number of carboxylic acids is 1. The molecule has 3 aromatic carbocycles. The molecule has 29 heavy (non-hydrogen) atoms. The smallest absolute Gasteiger partial charge is 0.335 e. The molecule has 0 saturated carbocycles. The largest absolute Gasteiger partial charge is 0.478 e. The van der Waals surface area contributed by atoms with Crippen LogP contribution in [0.25, 0.3) is 0 Å². The molecule has 150 valence electrons. The Hall–Kier alpha value is -3.37. The van der Waals surface area contributed by atoms with Gasteiger partial charge in [0.25, 0.3) is 20.0 Å². The molecule has 0 bridgehead atoms. The molecule has 0 saturated heterocycles. The van der Waals surface area contributed by atoms with Gasteiger partial charge in [-0.1, -0.05) is 24.3 Å². The summed E-state index contributed by atoms with van der Waals surface area (Å²) in [5, 5.41) is 9.00. The second-order valence-electron chi connectivity index (χ2n) is 5.93.